The molecule has 1 aliphatic rings. The first kappa shape index (κ1) is 14.9. The van der Waals surface area contributed by atoms with Crippen LogP contribution in [-0.2, 0) is 11.2 Å². The lowest BCUT2D eigenvalue weighted by molar-refractivity contribution is -0.130. The van der Waals surface area contributed by atoms with E-state index in [9.17, 15) is 9.59 Å². The van der Waals surface area contributed by atoms with Gasteiger partial charge in [0.05, 0.1) is 5.56 Å². The molecule has 0 radical (unpaired) electrons. The van der Waals surface area contributed by atoms with Gasteiger partial charge in [0.25, 0.3) is 0 Å². The second-order valence-corrected chi connectivity index (χ2v) is 6.03. The number of carboxylic acid groups (broad SMARTS) is 1. The zero-order valence-electron chi connectivity index (χ0n) is 11.4. The standard InChI is InChI=1S/C15H19NO3S/c17-14(16-8-3-10-20-11-9-16)7-6-12-4-1-2-5-13(12)15(18)19/h1-2,4-5H,3,6-11H2,(H,18,19). The predicted molar refractivity (Wildman–Crippen MR) is 80.2 cm³/mol. The van der Waals surface area contributed by atoms with Crippen molar-refractivity contribution < 1.29 is 14.7 Å². The second-order valence-electron chi connectivity index (χ2n) is 4.81. The minimum Gasteiger partial charge on any atom is -0.478 e. The van der Waals surface area contributed by atoms with Crippen LogP contribution >= 0.6 is 11.8 Å². The van der Waals surface area contributed by atoms with E-state index in [2.05, 4.69) is 0 Å². The van der Waals surface area contributed by atoms with E-state index in [0.717, 1.165) is 36.6 Å². The van der Waals surface area contributed by atoms with Crippen molar-refractivity contribution >= 4 is 23.6 Å². The molecule has 1 fully saturated rings. The van der Waals surface area contributed by atoms with Gasteiger partial charge in [-0.2, -0.15) is 11.8 Å². The van der Waals surface area contributed by atoms with Crippen molar-refractivity contribution in [3.63, 3.8) is 0 Å². The molecular formula is C15H19NO3S. The van der Waals surface area contributed by atoms with Crippen LogP contribution in [0.25, 0.3) is 0 Å². The van der Waals surface area contributed by atoms with E-state index in [1.54, 1.807) is 18.2 Å². The number of rotatable bonds is 4. The van der Waals surface area contributed by atoms with E-state index in [0.29, 0.717) is 18.4 Å². The Morgan fingerprint density at radius 2 is 2.00 bits per heavy atom. The Hall–Kier alpha value is -1.49. The molecule has 1 aromatic carbocycles. The molecule has 1 N–H and O–H groups in total. The molecule has 0 atom stereocenters. The van der Waals surface area contributed by atoms with Crippen molar-refractivity contribution in [3.8, 4) is 0 Å². The largest absolute Gasteiger partial charge is 0.478 e. The van der Waals surface area contributed by atoms with Gasteiger partial charge in [-0.1, -0.05) is 18.2 Å². The van der Waals surface area contributed by atoms with Crippen molar-refractivity contribution in [2.24, 2.45) is 0 Å². The van der Waals surface area contributed by atoms with Gasteiger partial charge in [0, 0.05) is 25.3 Å². The zero-order chi connectivity index (χ0) is 14.4. The van der Waals surface area contributed by atoms with Gasteiger partial charge >= 0.3 is 5.97 Å². The molecule has 2 rings (SSSR count). The maximum atomic E-state index is 12.2. The van der Waals surface area contributed by atoms with Crippen molar-refractivity contribution in [1.29, 1.82) is 0 Å². The predicted octanol–water partition coefficient (Wildman–Crippen LogP) is 2.28. The van der Waals surface area contributed by atoms with E-state index < -0.39 is 5.97 Å². The number of hydrogen-bond donors (Lipinski definition) is 1. The molecule has 0 aromatic heterocycles. The average Bonchev–Trinajstić information content (AvgIpc) is 2.74. The fourth-order valence-electron chi connectivity index (χ4n) is 2.34. The number of amides is 1. The first-order chi connectivity index (χ1) is 9.68. The molecule has 1 amide bonds. The maximum absolute atomic E-state index is 12.2. The Kier molecular flexibility index (Phi) is 5.47. The molecule has 0 saturated carbocycles. The number of benzene rings is 1. The normalized spacial score (nSPS) is 15.7. The highest BCUT2D eigenvalue weighted by atomic mass is 32.2. The van der Waals surface area contributed by atoms with Crippen LogP contribution in [0.5, 0.6) is 0 Å². The van der Waals surface area contributed by atoms with Gasteiger partial charge < -0.3 is 10.0 Å². The Morgan fingerprint density at radius 1 is 1.20 bits per heavy atom. The number of carbonyl (C=O) groups is 2. The number of carbonyl (C=O) groups excluding carboxylic acids is 1. The van der Waals surface area contributed by atoms with Crippen LogP contribution in [0.4, 0.5) is 0 Å². The Labute approximate surface area is 123 Å². The minimum absolute atomic E-state index is 0.132. The Morgan fingerprint density at radius 3 is 2.80 bits per heavy atom. The molecule has 4 nitrogen and oxygen atoms in total. The quantitative estimate of drug-likeness (QED) is 0.925. The highest BCUT2D eigenvalue weighted by Crippen LogP contribution is 2.14. The average molecular weight is 293 g/mol. The molecule has 5 heteroatoms. The first-order valence-corrected chi connectivity index (χ1v) is 8.00. The topological polar surface area (TPSA) is 57.6 Å². The smallest absolute Gasteiger partial charge is 0.335 e. The summed E-state index contributed by atoms with van der Waals surface area (Å²) in [6.07, 6.45) is 1.92. The molecule has 20 heavy (non-hydrogen) atoms. The lowest BCUT2D eigenvalue weighted by atomic mass is 10.0. The molecule has 0 aliphatic carbocycles. The van der Waals surface area contributed by atoms with E-state index >= 15 is 0 Å². The van der Waals surface area contributed by atoms with Crippen molar-refractivity contribution in [3.05, 3.63) is 35.4 Å². The van der Waals surface area contributed by atoms with Crippen molar-refractivity contribution in [2.75, 3.05) is 24.6 Å². The lowest BCUT2D eigenvalue weighted by Gasteiger charge is -2.20. The van der Waals surface area contributed by atoms with Crippen LogP contribution in [0.15, 0.2) is 24.3 Å². The molecule has 0 bridgehead atoms. The van der Waals surface area contributed by atoms with E-state index in [1.165, 1.54) is 0 Å². The molecule has 1 aliphatic heterocycles. The third-order valence-corrected chi connectivity index (χ3v) is 4.48. The lowest BCUT2D eigenvalue weighted by Crippen LogP contribution is -2.33. The third-order valence-electron chi connectivity index (χ3n) is 3.43. The van der Waals surface area contributed by atoms with Crippen LogP contribution in [0.3, 0.4) is 0 Å². The fourth-order valence-corrected chi connectivity index (χ4v) is 3.23. The van der Waals surface area contributed by atoms with E-state index in [4.69, 9.17) is 5.11 Å². The van der Waals surface area contributed by atoms with Gasteiger partial charge in [-0.15, -0.1) is 0 Å². The minimum atomic E-state index is -0.931. The number of carboxylic acids is 1. The number of aromatic carboxylic acids is 1. The SMILES string of the molecule is O=C(O)c1ccccc1CCC(=O)N1CCCSCC1. The molecule has 1 aromatic rings. The summed E-state index contributed by atoms with van der Waals surface area (Å²) in [7, 11) is 0. The van der Waals surface area contributed by atoms with Gasteiger partial charge in [-0.3, -0.25) is 4.79 Å². The summed E-state index contributed by atoms with van der Waals surface area (Å²) in [6.45, 7) is 1.64. The van der Waals surface area contributed by atoms with Crippen molar-refractivity contribution in [1.82, 2.24) is 4.90 Å². The summed E-state index contributed by atoms with van der Waals surface area (Å²) >= 11 is 1.89. The van der Waals surface area contributed by atoms with Gasteiger partial charge in [0.2, 0.25) is 5.91 Å². The third kappa shape index (κ3) is 4.00. The number of aryl methyl sites for hydroxylation is 1. The monoisotopic (exact) mass is 293 g/mol. The number of thioether (sulfide) groups is 1. The van der Waals surface area contributed by atoms with Gasteiger partial charge in [0.15, 0.2) is 0 Å². The Balaban J connectivity index is 1.94. The van der Waals surface area contributed by atoms with Crippen LogP contribution in [0.1, 0.15) is 28.8 Å². The Bertz CT molecular complexity index is 482. The molecule has 0 spiro atoms. The first-order valence-electron chi connectivity index (χ1n) is 6.85. The summed E-state index contributed by atoms with van der Waals surface area (Å²) in [5.41, 5.74) is 1.03. The fraction of sp³-hybridized carbons (Fsp3) is 0.467. The number of hydrogen-bond acceptors (Lipinski definition) is 3. The summed E-state index contributed by atoms with van der Waals surface area (Å²) < 4.78 is 0. The molecule has 1 saturated heterocycles. The molecular weight excluding hydrogens is 274 g/mol. The van der Waals surface area contributed by atoms with Gasteiger partial charge in [-0.05, 0) is 30.2 Å². The van der Waals surface area contributed by atoms with Crippen LogP contribution in [-0.4, -0.2) is 46.5 Å². The van der Waals surface area contributed by atoms with Crippen molar-refractivity contribution in [2.45, 2.75) is 19.3 Å². The summed E-state index contributed by atoms with van der Waals surface area (Å²) in [4.78, 5) is 25.2. The summed E-state index contributed by atoms with van der Waals surface area (Å²) in [5, 5.41) is 9.12. The molecule has 1 heterocycles. The number of nitrogens with zero attached hydrogens (tertiary/aromatic N) is 1. The summed E-state index contributed by atoms with van der Waals surface area (Å²) in [5.74, 6) is 1.32. The second kappa shape index (κ2) is 7.33. The highest BCUT2D eigenvalue weighted by molar-refractivity contribution is 7.99. The highest BCUT2D eigenvalue weighted by Gasteiger charge is 2.16. The zero-order valence-corrected chi connectivity index (χ0v) is 12.2. The van der Waals surface area contributed by atoms with Crippen LogP contribution in [0.2, 0.25) is 0 Å². The molecule has 0 unspecified atom stereocenters. The van der Waals surface area contributed by atoms with Gasteiger partial charge in [-0.25, -0.2) is 4.79 Å². The van der Waals surface area contributed by atoms with E-state index in [-0.39, 0.29) is 5.91 Å². The summed E-state index contributed by atoms with van der Waals surface area (Å²) in [6, 6.07) is 6.90. The maximum Gasteiger partial charge on any atom is 0.335 e. The molecule has 108 valence electrons. The van der Waals surface area contributed by atoms with Crippen LogP contribution < -0.4 is 0 Å². The van der Waals surface area contributed by atoms with Gasteiger partial charge in [0.1, 0.15) is 0 Å². The van der Waals surface area contributed by atoms with Crippen LogP contribution in [0, 0.1) is 0 Å². The van der Waals surface area contributed by atoms with E-state index in [1.807, 2.05) is 22.7 Å².